The fourth-order valence-electron chi connectivity index (χ4n) is 2.32. The third kappa shape index (κ3) is 4.34. The van der Waals surface area contributed by atoms with Gasteiger partial charge in [0.05, 0.1) is 5.52 Å². The van der Waals surface area contributed by atoms with Crippen LogP contribution >= 0.6 is 0 Å². The number of aliphatic imine (C=N–C) groups is 1. The maximum atomic E-state index is 4.70. The third-order valence-corrected chi connectivity index (χ3v) is 3.91. The maximum Gasteiger partial charge on any atom is 0.191 e. The highest BCUT2D eigenvalue weighted by atomic mass is 15.2. The number of benzene rings is 1. The van der Waals surface area contributed by atoms with Crippen LogP contribution in [-0.2, 0) is 6.54 Å². The van der Waals surface area contributed by atoms with Crippen LogP contribution in [0, 0.1) is 0 Å². The summed E-state index contributed by atoms with van der Waals surface area (Å²) < 4.78 is 0. The number of anilines is 1. The van der Waals surface area contributed by atoms with Gasteiger partial charge in [-0.15, -0.1) is 0 Å². The Kier molecular flexibility index (Phi) is 5.79. The molecule has 0 saturated heterocycles. The molecule has 0 aliphatic heterocycles. The van der Waals surface area contributed by atoms with E-state index in [2.05, 4.69) is 53.7 Å². The van der Waals surface area contributed by atoms with Crippen molar-refractivity contribution in [1.29, 1.82) is 0 Å². The Morgan fingerprint density at radius 1 is 1.30 bits per heavy atom. The molecule has 0 aliphatic carbocycles. The average molecular weight is 313 g/mol. The third-order valence-electron chi connectivity index (χ3n) is 3.91. The van der Waals surface area contributed by atoms with Gasteiger partial charge in [-0.1, -0.05) is 25.1 Å². The molecule has 1 aromatic heterocycles. The summed E-state index contributed by atoms with van der Waals surface area (Å²) in [6.07, 6.45) is 1.06. The minimum absolute atomic E-state index is 0.396. The molecule has 0 fully saturated rings. The van der Waals surface area contributed by atoms with Gasteiger partial charge < -0.3 is 15.5 Å². The lowest BCUT2D eigenvalue weighted by atomic mass is 10.1. The zero-order valence-electron chi connectivity index (χ0n) is 14.7. The Balaban J connectivity index is 2.24. The summed E-state index contributed by atoms with van der Waals surface area (Å²) in [5.74, 6) is 1.79. The van der Waals surface area contributed by atoms with Crippen molar-refractivity contribution >= 4 is 22.7 Å². The second-order valence-electron chi connectivity index (χ2n) is 5.93. The lowest BCUT2D eigenvalue weighted by molar-refractivity contribution is 0.624. The summed E-state index contributed by atoms with van der Waals surface area (Å²) >= 11 is 0. The minimum Gasteiger partial charge on any atom is -0.363 e. The first kappa shape index (κ1) is 17.1. The molecular weight excluding hydrogens is 286 g/mol. The standard InChI is InChI=1S/C18H27N5/c1-6-13(2)21-18(19-3)20-12-14-11-17(23(4)5)22-16-10-8-7-9-15(14)16/h7-11,13H,6,12H2,1-5H3,(H2,19,20,21). The molecule has 0 radical (unpaired) electrons. The van der Waals surface area contributed by atoms with Crippen molar-refractivity contribution in [2.45, 2.75) is 32.9 Å². The van der Waals surface area contributed by atoms with Crippen LogP contribution in [0.4, 0.5) is 5.82 Å². The highest BCUT2D eigenvalue weighted by Gasteiger charge is 2.08. The summed E-state index contributed by atoms with van der Waals surface area (Å²) in [5, 5.41) is 7.96. The minimum atomic E-state index is 0.396. The number of pyridine rings is 1. The molecule has 2 rings (SSSR count). The molecule has 0 aliphatic rings. The maximum absolute atomic E-state index is 4.70. The molecule has 1 atom stereocenters. The molecular formula is C18H27N5. The normalized spacial score (nSPS) is 13.0. The van der Waals surface area contributed by atoms with E-state index in [1.54, 1.807) is 7.05 Å². The SMILES string of the molecule is CCC(C)NC(=NC)NCc1cc(N(C)C)nc2ccccc12. The second-order valence-corrected chi connectivity index (χ2v) is 5.93. The molecule has 5 nitrogen and oxygen atoms in total. The molecule has 23 heavy (non-hydrogen) atoms. The van der Waals surface area contributed by atoms with E-state index in [4.69, 9.17) is 4.98 Å². The molecule has 5 heteroatoms. The largest absolute Gasteiger partial charge is 0.363 e. The second kappa shape index (κ2) is 7.81. The van der Waals surface area contributed by atoms with Crippen molar-refractivity contribution in [3.63, 3.8) is 0 Å². The van der Waals surface area contributed by atoms with Gasteiger partial charge in [0.1, 0.15) is 5.82 Å². The van der Waals surface area contributed by atoms with E-state index in [1.807, 2.05) is 25.1 Å². The molecule has 2 aromatic rings. The summed E-state index contributed by atoms with van der Waals surface area (Å²) in [5.41, 5.74) is 2.23. The van der Waals surface area contributed by atoms with Crippen molar-refractivity contribution in [3.8, 4) is 0 Å². The topological polar surface area (TPSA) is 52.6 Å². The van der Waals surface area contributed by atoms with E-state index in [-0.39, 0.29) is 0 Å². The fraction of sp³-hybridized carbons (Fsp3) is 0.444. The summed E-state index contributed by atoms with van der Waals surface area (Å²) in [7, 11) is 5.82. The number of nitrogens with one attached hydrogen (secondary N) is 2. The van der Waals surface area contributed by atoms with Gasteiger partial charge in [-0.3, -0.25) is 4.99 Å². The number of hydrogen-bond donors (Lipinski definition) is 2. The Morgan fingerprint density at radius 2 is 2.04 bits per heavy atom. The molecule has 2 N–H and O–H groups in total. The van der Waals surface area contributed by atoms with Crippen LogP contribution in [0.15, 0.2) is 35.3 Å². The first-order chi connectivity index (χ1) is 11.0. The van der Waals surface area contributed by atoms with Gasteiger partial charge in [-0.05, 0) is 31.0 Å². The summed E-state index contributed by atoms with van der Waals surface area (Å²) in [6.45, 7) is 5.02. The van der Waals surface area contributed by atoms with E-state index in [0.717, 1.165) is 23.7 Å². The van der Waals surface area contributed by atoms with Crippen molar-refractivity contribution in [3.05, 3.63) is 35.9 Å². The van der Waals surface area contributed by atoms with Crippen LogP contribution in [0.3, 0.4) is 0 Å². The lowest BCUT2D eigenvalue weighted by Gasteiger charge is -2.18. The van der Waals surface area contributed by atoms with E-state index >= 15 is 0 Å². The predicted octanol–water partition coefficient (Wildman–Crippen LogP) is 2.76. The summed E-state index contributed by atoms with van der Waals surface area (Å²) in [6, 6.07) is 10.8. The molecule has 1 unspecified atom stereocenters. The Morgan fingerprint density at radius 3 is 2.70 bits per heavy atom. The number of nitrogens with zero attached hydrogens (tertiary/aromatic N) is 3. The van der Waals surface area contributed by atoms with Gasteiger partial charge in [0.2, 0.25) is 0 Å². The quantitative estimate of drug-likeness (QED) is 0.658. The van der Waals surface area contributed by atoms with Crippen molar-refractivity contribution in [2.24, 2.45) is 4.99 Å². The molecule has 0 amide bonds. The Labute approximate surface area is 138 Å². The predicted molar refractivity (Wildman–Crippen MR) is 99.2 cm³/mol. The monoisotopic (exact) mass is 313 g/mol. The first-order valence-corrected chi connectivity index (χ1v) is 8.08. The van der Waals surface area contributed by atoms with Crippen molar-refractivity contribution in [2.75, 3.05) is 26.0 Å². The van der Waals surface area contributed by atoms with Crippen LogP contribution in [0.5, 0.6) is 0 Å². The van der Waals surface area contributed by atoms with Gasteiger partial charge in [-0.25, -0.2) is 4.98 Å². The van der Waals surface area contributed by atoms with Crippen LogP contribution in [0.2, 0.25) is 0 Å². The molecule has 0 bridgehead atoms. The smallest absolute Gasteiger partial charge is 0.191 e. The van der Waals surface area contributed by atoms with Crippen LogP contribution < -0.4 is 15.5 Å². The van der Waals surface area contributed by atoms with Crippen LogP contribution in [0.1, 0.15) is 25.8 Å². The molecule has 1 heterocycles. The van der Waals surface area contributed by atoms with Crippen LogP contribution in [-0.4, -0.2) is 38.1 Å². The number of aromatic nitrogens is 1. The first-order valence-electron chi connectivity index (χ1n) is 8.08. The van der Waals surface area contributed by atoms with E-state index in [0.29, 0.717) is 12.6 Å². The molecule has 1 aromatic carbocycles. The highest BCUT2D eigenvalue weighted by Crippen LogP contribution is 2.21. The molecule has 0 saturated carbocycles. The molecule has 124 valence electrons. The number of hydrogen-bond acceptors (Lipinski definition) is 3. The van der Waals surface area contributed by atoms with E-state index in [1.165, 1.54) is 10.9 Å². The number of rotatable bonds is 5. The number of fused-ring (bicyclic) bond motifs is 1. The van der Waals surface area contributed by atoms with Crippen LogP contribution in [0.25, 0.3) is 10.9 Å². The van der Waals surface area contributed by atoms with Gasteiger partial charge in [0.25, 0.3) is 0 Å². The van der Waals surface area contributed by atoms with Gasteiger partial charge in [-0.2, -0.15) is 0 Å². The zero-order valence-corrected chi connectivity index (χ0v) is 14.7. The number of guanidine groups is 1. The highest BCUT2D eigenvalue weighted by molar-refractivity contribution is 5.85. The van der Waals surface area contributed by atoms with Gasteiger partial charge in [0.15, 0.2) is 5.96 Å². The van der Waals surface area contributed by atoms with E-state index in [9.17, 15) is 0 Å². The Bertz CT molecular complexity index is 678. The van der Waals surface area contributed by atoms with Gasteiger partial charge in [0, 0.05) is 39.1 Å². The van der Waals surface area contributed by atoms with Crippen molar-refractivity contribution < 1.29 is 0 Å². The number of para-hydroxylation sites is 1. The lowest BCUT2D eigenvalue weighted by Crippen LogP contribution is -2.41. The van der Waals surface area contributed by atoms with E-state index < -0.39 is 0 Å². The van der Waals surface area contributed by atoms with Gasteiger partial charge >= 0.3 is 0 Å². The molecule has 0 spiro atoms. The average Bonchev–Trinajstić information content (AvgIpc) is 2.57. The zero-order chi connectivity index (χ0) is 16.8. The Hall–Kier alpha value is -2.30. The summed E-state index contributed by atoms with van der Waals surface area (Å²) in [4.78, 5) is 11.0. The van der Waals surface area contributed by atoms with Crippen molar-refractivity contribution in [1.82, 2.24) is 15.6 Å². The fourth-order valence-corrected chi connectivity index (χ4v) is 2.32.